The van der Waals surface area contributed by atoms with Gasteiger partial charge in [0.25, 0.3) is 5.69 Å². The van der Waals surface area contributed by atoms with Crippen molar-refractivity contribution >= 4 is 50.7 Å². The van der Waals surface area contributed by atoms with E-state index in [9.17, 15) is 34.4 Å². The number of amides is 2. The number of aromatic hydroxyl groups is 1. The van der Waals surface area contributed by atoms with E-state index in [1.807, 2.05) is 6.08 Å². The SMILES string of the molecule is COc1ccc(C2C3=CCC4C(=O)N(c5cccc([N+](=O)[O-])c5)C(=O)C4C3CC3=C2C(=O)C=C(Br)C3=O)c(O)c1. The number of anilines is 1. The van der Waals surface area contributed by atoms with E-state index in [2.05, 4.69) is 15.9 Å². The Morgan fingerprint density at radius 3 is 2.55 bits per heavy atom. The number of phenols is 1. The zero-order valence-electron chi connectivity index (χ0n) is 21.0. The van der Waals surface area contributed by atoms with Crippen LogP contribution in [0.4, 0.5) is 11.4 Å². The molecule has 40 heavy (non-hydrogen) atoms. The van der Waals surface area contributed by atoms with Crippen molar-refractivity contribution in [3.05, 3.63) is 91.5 Å². The molecule has 0 saturated carbocycles. The Hall–Kier alpha value is -4.38. The first-order valence-electron chi connectivity index (χ1n) is 12.5. The zero-order chi connectivity index (χ0) is 28.5. The van der Waals surface area contributed by atoms with Crippen LogP contribution >= 0.6 is 15.9 Å². The Morgan fingerprint density at radius 1 is 1.07 bits per heavy atom. The van der Waals surface area contributed by atoms with Gasteiger partial charge in [0, 0.05) is 46.9 Å². The summed E-state index contributed by atoms with van der Waals surface area (Å²) in [5.74, 6) is -4.51. The van der Waals surface area contributed by atoms with Crippen LogP contribution in [0.3, 0.4) is 0 Å². The molecule has 0 radical (unpaired) electrons. The molecular weight excluding hydrogens is 584 g/mol. The number of ether oxygens (including phenoxy) is 1. The Balaban J connectivity index is 1.48. The Morgan fingerprint density at radius 2 is 1.85 bits per heavy atom. The van der Waals surface area contributed by atoms with Gasteiger partial charge < -0.3 is 9.84 Å². The summed E-state index contributed by atoms with van der Waals surface area (Å²) in [7, 11) is 1.46. The van der Waals surface area contributed by atoms with Gasteiger partial charge in [-0.25, -0.2) is 4.90 Å². The summed E-state index contributed by atoms with van der Waals surface area (Å²) in [6.07, 6.45) is 3.31. The maximum Gasteiger partial charge on any atom is 0.271 e. The number of nitro groups is 1. The first-order valence-corrected chi connectivity index (χ1v) is 13.3. The van der Waals surface area contributed by atoms with Gasteiger partial charge in [0.05, 0.1) is 34.0 Å². The Bertz CT molecular complexity index is 1650. The number of non-ortho nitro benzene ring substituents is 1. The van der Waals surface area contributed by atoms with E-state index < -0.39 is 40.4 Å². The van der Waals surface area contributed by atoms with Crippen molar-refractivity contribution in [1.82, 2.24) is 0 Å². The van der Waals surface area contributed by atoms with Crippen molar-refractivity contribution in [2.24, 2.45) is 17.8 Å². The van der Waals surface area contributed by atoms with Gasteiger partial charge in [0.1, 0.15) is 11.5 Å². The van der Waals surface area contributed by atoms with Gasteiger partial charge in [-0.1, -0.05) is 23.8 Å². The summed E-state index contributed by atoms with van der Waals surface area (Å²) in [6.45, 7) is 0. The fourth-order valence-electron chi connectivity index (χ4n) is 6.46. The van der Waals surface area contributed by atoms with E-state index in [0.717, 1.165) is 4.90 Å². The first kappa shape index (κ1) is 25.9. The van der Waals surface area contributed by atoms with Gasteiger partial charge in [0.2, 0.25) is 11.8 Å². The molecule has 2 aromatic carbocycles. The molecule has 4 aliphatic rings. The molecule has 3 aliphatic carbocycles. The molecule has 1 heterocycles. The molecule has 2 amide bonds. The lowest BCUT2D eigenvalue weighted by Crippen LogP contribution is -2.39. The van der Waals surface area contributed by atoms with Crippen LogP contribution in [-0.4, -0.2) is 40.5 Å². The van der Waals surface area contributed by atoms with Gasteiger partial charge in [-0.15, -0.1) is 0 Å². The van der Waals surface area contributed by atoms with E-state index in [4.69, 9.17) is 4.74 Å². The average Bonchev–Trinajstić information content (AvgIpc) is 3.20. The molecule has 10 nitrogen and oxygen atoms in total. The monoisotopic (exact) mass is 604 g/mol. The maximum atomic E-state index is 13.9. The van der Waals surface area contributed by atoms with Crippen LogP contribution in [0, 0.1) is 27.9 Å². The Kier molecular flexibility index (Phi) is 6.06. The molecule has 0 aromatic heterocycles. The number of halogens is 1. The molecule has 1 fully saturated rings. The number of fused-ring (bicyclic) bond motifs is 3. The fourth-order valence-corrected chi connectivity index (χ4v) is 6.90. The number of carbonyl (C=O) groups excluding carboxylic acids is 4. The van der Waals surface area contributed by atoms with Crippen LogP contribution in [0.15, 0.2) is 75.8 Å². The normalized spacial score (nSPS) is 25.7. The number of carbonyl (C=O) groups is 4. The summed E-state index contributed by atoms with van der Waals surface area (Å²) in [5, 5.41) is 22.3. The minimum atomic E-state index is -0.851. The molecular formula is C29H21BrN2O8. The number of benzene rings is 2. The highest BCUT2D eigenvalue weighted by Crippen LogP contribution is 2.56. The number of hydrogen-bond donors (Lipinski definition) is 1. The molecule has 1 N–H and O–H groups in total. The number of Topliss-reactive ketones (excluding diaryl/α,β-unsaturated/α-hetero) is 1. The smallest absolute Gasteiger partial charge is 0.271 e. The van der Waals surface area contributed by atoms with Gasteiger partial charge >= 0.3 is 0 Å². The van der Waals surface area contributed by atoms with Crippen molar-refractivity contribution in [2.45, 2.75) is 18.8 Å². The number of rotatable bonds is 4. The van der Waals surface area contributed by atoms with Crippen LogP contribution in [0.2, 0.25) is 0 Å². The molecule has 6 rings (SSSR count). The minimum Gasteiger partial charge on any atom is -0.507 e. The lowest BCUT2D eigenvalue weighted by Gasteiger charge is -2.42. The molecule has 1 saturated heterocycles. The van der Waals surface area contributed by atoms with Crippen molar-refractivity contribution in [2.75, 3.05) is 12.0 Å². The molecule has 2 aromatic rings. The summed E-state index contributed by atoms with van der Waals surface area (Å²) in [5.41, 5.74) is 1.38. The predicted octanol–water partition coefficient (Wildman–Crippen LogP) is 4.28. The van der Waals surface area contributed by atoms with Crippen molar-refractivity contribution < 1.29 is 33.9 Å². The molecule has 4 unspecified atom stereocenters. The average molecular weight is 605 g/mol. The highest BCUT2D eigenvalue weighted by atomic mass is 79.9. The van der Waals surface area contributed by atoms with Crippen LogP contribution in [0.5, 0.6) is 11.5 Å². The number of nitrogens with zero attached hydrogens (tertiary/aromatic N) is 2. The topological polar surface area (TPSA) is 144 Å². The summed E-state index contributed by atoms with van der Waals surface area (Å²) < 4.78 is 5.31. The fraction of sp³-hybridized carbons (Fsp3) is 0.241. The summed E-state index contributed by atoms with van der Waals surface area (Å²) in [4.78, 5) is 65.8. The summed E-state index contributed by atoms with van der Waals surface area (Å²) >= 11 is 3.18. The minimum absolute atomic E-state index is 0.0606. The van der Waals surface area contributed by atoms with Gasteiger partial charge in [-0.2, -0.15) is 0 Å². The van der Waals surface area contributed by atoms with Crippen molar-refractivity contribution in [3.8, 4) is 11.5 Å². The zero-order valence-corrected chi connectivity index (χ0v) is 22.6. The lowest BCUT2D eigenvalue weighted by molar-refractivity contribution is -0.384. The third kappa shape index (κ3) is 3.75. The molecule has 0 bridgehead atoms. The molecule has 1 aliphatic heterocycles. The predicted molar refractivity (Wildman–Crippen MR) is 145 cm³/mol. The lowest BCUT2D eigenvalue weighted by atomic mass is 9.59. The number of phenolic OH excluding ortho intramolecular Hbond substituents is 1. The standard InChI is InChI=1S/C29H21BrN2O8/c1-40-15-5-6-17(22(33)10-15)24-16-7-8-18-25(19(16)11-20-26(24)23(34)12-21(30)27(20)35)29(37)31(28(18)36)13-3-2-4-14(9-13)32(38)39/h2-7,9-10,12,18-19,24-25,33H,8,11H2,1H3. The molecule has 202 valence electrons. The number of nitro benzene ring substituents is 1. The number of ketones is 2. The highest BCUT2D eigenvalue weighted by Gasteiger charge is 2.57. The molecule has 4 atom stereocenters. The highest BCUT2D eigenvalue weighted by molar-refractivity contribution is 9.12. The number of allylic oxidation sites excluding steroid dienone is 6. The van der Waals surface area contributed by atoms with Crippen LogP contribution in [-0.2, 0) is 19.2 Å². The number of hydrogen-bond acceptors (Lipinski definition) is 8. The van der Waals surface area contributed by atoms with Crippen molar-refractivity contribution in [1.29, 1.82) is 0 Å². The second-order valence-corrected chi connectivity index (χ2v) is 11.0. The second kappa shape index (κ2) is 9.37. The number of methoxy groups -OCH3 is 1. The maximum absolute atomic E-state index is 13.9. The van der Waals surface area contributed by atoms with Crippen molar-refractivity contribution in [3.63, 3.8) is 0 Å². The third-order valence-electron chi connectivity index (χ3n) is 8.18. The summed E-state index contributed by atoms with van der Waals surface area (Å²) in [6, 6.07) is 10.0. The molecule has 11 heteroatoms. The molecule has 0 spiro atoms. The Labute approximate surface area is 235 Å². The van der Waals surface area contributed by atoms with E-state index >= 15 is 0 Å². The van der Waals surface area contributed by atoms with Gasteiger partial charge in [-0.3, -0.25) is 29.3 Å². The van der Waals surface area contributed by atoms with E-state index in [0.29, 0.717) is 16.9 Å². The largest absolute Gasteiger partial charge is 0.507 e. The van der Waals surface area contributed by atoms with E-state index in [-0.39, 0.29) is 57.2 Å². The van der Waals surface area contributed by atoms with Crippen LogP contribution < -0.4 is 9.64 Å². The second-order valence-electron chi connectivity index (χ2n) is 10.1. The van der Waals surface area contributed by atoms with E-state index in [1.165, 1.54) is 43.5 Å². The van der Waals surface area contributed by atoms with Crippen LogP contribution in [0.1, 0.15) is 24.3 Å². The third-order valence-corrected chi connectivity index (χ3v) is 8.77. The first-order chi connectivity index (χ1) is 19.1. The quantitative estimate of drug-likeness (QED) is 0.179. The van der Waals surface area contributed by atoms with Gasteiger partial charge in [-0.05, 0) is 46.8 Å². The number of imide groups is 1. The van der Waals surface area contributed by atoms with Crippen LogP contribution in [0.25, 0.3) is 0 Å². The van der Waals surface area contributed by atoms with E-state index in [1.54, 1.807) is 12.1 Å². The van der Waals surface area contributed by atoms with Gasteiger partial charge in [0.15, 0.2) is 11.6 Å².